The van der Waals surface area contributed by atoms with Gasteiger partial charge < -0.3 is 35.2 Å². The first-order valence-electron chi connectivity index (χ1n) is 19.9. The molecule has 306 valence electrons. The molecular weight excluding hydrogens is 759 g/mol. The fraction of sp³-hybridized carbons (Fsp3) is 0.364. The number of Topliss-reactive ketones (excluding diaryl/α,β-unsaturated/α-hetero) is 2. The van der Waals surface area contributed by atoms with E-state index in [1.54, 1.807) is 42.7 Å². The number of allylic oxidation sites excluding steroid dienone is 2. The fourth-order valence-corrected chi connectivity index (χ4v) is 9.33. The van der Waals surface area contributed by atoms with Gasteiger partial charge in [-0.3, -0.25) is 29.3 Å². The second kappa shape index (κ2) is 15.9. The van der Waals surface area contributed by atoms with E-state index in [4.69, 9.17) is 15.2 Å². The largest absolute Gasteiger partial charge is 0.508 e. The van der Waals surface area contributed by atoms with Crippen molar-refractivity contribution in [3.05, 3.63) is 114 Å². The molecule has 5 aliphatic rings. The minimum atomic E-state index is -2.10. The van der Waals surface area contributed by atoms with Crippen molar-refractivity contribution in [3.8, 4) is 11.5 Å². The Balaban J connectivity index is 1.25. The Morgan fingerprint density at radius 1 is 0.831 bits per heavy atom. The van der Waals surface area contributed by atoms with Crippen LogP contribution in [0.4, 0.5) is 4.79 Å². The van der Waals surface area contributed by atoms with Gasteiger partial charge in [-0.2, -0.15) is 4.48 Å². The first-order chi connectivity index (χ1) is 28.4. The SMILES string of the molecule is NC(=O)C12C(=O)COC1CCCN2C(=O)C(Cc1ccc(O)cc1)[N+]1(C(=O)NC(Cc2ccc(O)cc2)C(=O)N2CCCC3OCC(=O)C32)C=CC(c2ccccc2)=C1. The van der Waals surface area contributed by atoms with E-state index in [0.29, 0.717) is 42.4 Å². The number of rotatable bonds is 10. The Morgan fingerprint density at radius 2 is 1.49 bits per heavy atom. The number of nitrogens with two attached hydrogens (primary N) is 1. The number of hydrogen-bond donors (Lipinski definition) is 4. The number of likely N-dealkylation sites (tertiary alicyclic amines) is 2. The average Bonchev–Trinajstić information content (AvgIpc) is 3.97. The smallest absolute Gasteiger partial charge is 0.427 e. The highest BCUT2D eigenvalue weighted by atomic mass is 16.5. The summed E-state index contributed by atoms with van der Waals surface area (Å²) in [6.07, 6.45) is 5.16. The third kappa shape index (κ3) is 7.08. The molecule has 4 fully saturated rings. The van der Waals surface area contributed by atoms with Crippen molar-refractivity contribution in [2.75, 3.05) is 26.3 Å². The lowest BCUT2D eigenvalue weighted by Crippen LogP contribution is -2.73. The molecule has 59 heavy (non-hydrogen) atoms. The molecule has 0 aliphatic carbocycles. The number of quaternary nitrogens is 1. The molecule has 3 aromatic carbocycles. The summed E-state index contributed by atoms with van der Waals surface area (Å²) in [6.45, 7) is -0.288. The van der Waals surface area contributed by atoms with Crippen LogP contribution in [0, 0.1) is 0 Å². The van der Waals surface area contributed by atoms with Crippen LogP contribution in [0.2, 0.25) is 0 Å². The zero-order valence-corrected chi connectivity index (χ0v) is 32.3. The molecular formula is C44H46N5O10+. The molecule has 8 rings (SSSR count). The summed E-state index contributed by atoms with van der Waals surface area (Å²) in [5, 5.41) is 23.2. The van der Waals surface area contributed by atoms with Crippen molar-refractivity contribution in [1.29, 1.82) is 0 Å². The second-order valence-electron chi connectivity index (χ2n) is 15.8. The summed E-state index contributed by atoms with van der Waals surface area (Å²) in [6, 6.07) is 17.3. The third-order valence-electron chi connectivity index (χ3n) is 12.3. The van der Waals surface area contributed by atoms with E-state index < -0.39 is 76.5 Å². The highest BCUT2D eigenvalue weighted by Gasteiger charge is 2.65. The maximum Gasteiger partial charge on any atom is 0.427 e. The lowest BCUT2D eigenvalue weighted by atomic mass is 9.80. The first kappa shape index (κ1) is 39.7. The molecule has 0 spiro atoms. The molecule has 15 nitrogen and oxygen atoms in total. The van der Waals surface area contributed by atoms with Gasteiger partial charge in [0, 0.05) is 37.6 Å². The number of piperidine rings is 2. The Kier molecular flexibility index (Phi) is 10.7. The van der Waals surface area contributed by atoms with Gasteiger partial charge in [0.05, 0.1) is 12.2 Å². The van der Waals surface area contributed by atoms with Crippen molar-refractivity contribution in [3.63, 3.8) is 0 Å². The van der Waals surface area contributed by atoms with Crippen LogP contribution in [0.5, 0.6) is 11.5 Å². The number of hydrogen-bond acceptors (Lipinski definition) is 10. The summed E-state index contributed by atoms with van der Waals surface area (Å²) in [5.74, 6) is -3.16. The predicted molar refractivity (Wildman–Crippen MR) is 211 cm³/mol. The van der Waals surface area contributed by atoms with E-state index in [1.165, 1.54) is 34.1 Å². The Hall–Kier alpha value is -6.16. The molecule has 0 radical (unpaired) electrons. The number of nitrogens with one attached hydrogen (secondary N) is 1. The van der Waals surface area contributed by atoms with Crippen molar-refractivity contribution in [1.82, 2.24) is 15.1 Å². The van der Waals surface area contributed by atoms with E-state index in [0.717, 1.165) is 5.56 Å². The summed E-state index contributed by atoms with van der Waals surface area (Å²) in [7, 11) is 0. The topological polar surface area (TPSA) is 206 Å². The molecule has 7 unspecified atom stereocenters. The van der Waals surface area contributed by atoms with Gasteiger partial charge in [0.1, 0.15) is 49.2 Å². The van der Waals surface area contributed by atoms with Crippen LogP contribution in [0.1, 0.15) is 42.4 Å². The van der Waals surface area contributed by atoms with E-state index in [1.807, 2.05) is 30.3 Å². The molecule has 5 aliphatic heterocycles. The Morgan fingerprint density at radius 3 is 2.17 bits per heavy atom. The summed E-state index contributed by atoms with van der Waals surface area (Å²) in [4.78, 5) is 88.7. The van der Waals surface area contributed by atoms with Crippen LogP contribution in [-0.4, -0.2) is 122 Å². The van der Waals surface area contributed by atoms with Crippen molar-refractivity contribution in [2.24, 2.45) is 5.73 Å². The van der Waals surface area contributed by atoms with E-state index in [-0.39, 0.29) is 49.8 Å². The molecule has 15 heteroatoms. The van der Waals surface area contributed by atoms with Gasteiger partial charge >= 0.3 is 6.03 Å². The molecule has 5 N–H and O–H groups in total. The van der Waals surface area contributed by atoms with Crippen LogP contribution in [0.3, 0.4) is 0 Å². The number of carbonyl (C=O) groups excluding carboxylic acids is 6. The van der Waals surface area contributed by atoms with Gasteiger partial charge in [-0.05, 0) is 66.6 Å². The zero-order valence-electron chi connectivity index (χ0n) is 32.3. The van der Waals surface area contributed by atoms with Gasteiger partial charge in [0.2, 0.25) is 11.4 Å². The molecule has 5 amide bonds. The maximum absolute atomic E-state index is 15.5. The van der Waals surface area contributed by atoms with Crippen LogP contribution >= 0.6 is 0 Å². The standard InChI is InChI=1S/C44H45N5O10/c45-42(56)44-37(53)26-59-38(44)9-5-20-48(44)41(55)34(23-28-12-16-32(51)17-13-28)49(21-18-30(24-49)29-6-2-1-3-7-29)43(57)46-33(22-27-10-14-31(50)15-11-27)40(54)47-19-4-8-36-39(47)35(52)25-58-36/h1-3,6-7,10-18,21,24,33-34,36,38-39H,4-5,8-9,19-20,22-23,25-26H2,(H4-,45,46,50,51,56,57)/p+1. The zero-order chi connectivity index (χ0) is 41.5. The quantitative estimate of drug-likeness (QED) is 0.174. The van der Waals surface area contributed by atoms with Crippen LogP contribution < -0.4 is 11.1 Å². The minimum Gasteiger partial charge on any atom is -0.508 e. The number of ketones is 2. The van der Waals surface area contributed by atoms with E-state index in [9.17, 15) is 29.4 Å². The highest BCUT2D eigenvalue weighted by molar-refractivity contribution is 6.15. The summed E-state index contributed by atoms with van der Waals surface area (Å²) in [5.41, 5.74) is 6.38. The molecule has 5 heterocycles. The van der Waals surface area contributed by atoms with E-state index >= 15 is 9.59 Å². The lowest BCUT2D eigenvalue weighted by Gasteiger charge is -2.46. The molecule has 0 saturated carbocycles. The predicted octanol–water partition coefficient (Wildman–Crippen LogP) is 2.49. The summed E-state index contributed by atoms with van der Waals surface area (Å²) >= 11 is 0. The molecule has 7 atom stereocenters. The normalized spacial score (nSPS) is 27.1. The maximum atomic E-state index is 15.5. The number of primary amides is 1. The number of aromatic hydroxyl groups is 2. The van der Waals surface area contributed by atoms with Gasteiger partial charge in [-0.25, -0.2) is 4.79 Å². The third-order valence-corrected chi connectivity index (χ3v) is 12.3. The van der Waals surface area contributed by atoms with Crippen molar-refractivity contribution >= 4 is 40.9 Å². The second-order valence-corrected chi connectivity index (χ2v) is 15.8. The number of benzene rings is 3. The van der Waals surface area contributed by atoms with Crippen LogP contribution in [-0.2, 0) is 46.3 Å². The average molecular weight is 805 g/mol. The van der Waals surface area contributed by atoms with Crippen LogP contribution in [0.25, 0.3) is 5.57 Å². The monoisotopic (exact) mass is 804 g/mol. The summed E-state index contributed by atoms with van der Waals surface area (Å²) < 4.78 is 10.7. The van der Waals surface area contributed by atoms with Gasteiger partial charge in [0.15, 0.2) is 17.6 Å². The first-order valence-corrected chi connectivity index (χ1v) is 19.9. The molecule has 0 aromatic heterocycles. The number of urea groups is 1. The van der Waals surface area contributed by atoms with Gasteiger partial charge in [-0.15, -0.1) is 0 Å². The van der Waals surface area contributed by atoms with Crippen LogP contribution in [0.15, 0.2) is 97.3 Å². The number of amides is 5. The Labute approximate surface area is 340 Å². The molecule has 4 saturated heterocycles. The molecule has 3 aromatic rings. The fourth-order valence-electron chi connectivity index (χ4n) is 9.33. The lowest BCUT2D eigenvalue weighted by molar-refractivity contribution is -0.759. The van der Waals surface area contributed by atoms with E-state index in [2.05, 4.69) is 5.32 Å². The number of ether oxygens (including phenoxy) is 2. The van der Waals surface area contributed by atoms with Gasteiger partial charge in [-0.1, -0.05) is 54.6 Å². The minimum absolute atomic E-state index is 0.00828. The molecule has 0 bridgehead atoms. The van der Waals surface area contributed by atoms with Crippen molar-refractivity contribution < 1.29 is 52.9 Å². The highest BCUT2D eigenvalue weighted by Crippen LogP contribution is 2.40. The number of phenols is 2. The number of nitrogens with zero attached hydrogens (tertiary/aromatic N) is 3. The Bertz CT molecular complexity index is 2230. The van der Waals surface area contributed by atoms with Gasteiger partial charge in [0.25, 0.3) is 11.8 Å². The van der Waals surface area contributed by atoms with Crippen molar-refractivity contribution in [2.45, 2.75) is 74.4 Å². The number of phenolic OH excluding ortho intramolecular Hbond substituents is 2. The number of fused-ring (bicyclic) bond motifs is 2. The number of carbonyl (C=O) groups is 6.